The molecule has 2 rings (SSSR count). The second kappa shape index (κ2) is 11.8. The molecule has 170 valence electrons. The Balaban J connectivity index is 2.14. The van der Waals surface area contributed by atoms with Crippen LogP contribution in [0.5, 0.6) is 0 Å². The Morgan fingerprint density at radius 3 is 2.62 bits per heavy atom. The molecule has 29 heavy (non-hydrogen) atoms. The smallest absolute Gasteiger partial charge is 0.147 e. The second-order valence-corrected chi connectivity index (χ2v) is 9.79. The Labute approximate surface area is 177 Å². The zero-order valence-electron chi connectivity index (χ0n) is 19.2. The summed E-state index contributed by atoms with van der Waals surface area (Å²) in [5.41, 5.74) is 1.06. The molecule has 0 bridgehead atoms. The van der Waals surface area contributed by atoms with Crippen LogP contribution >= 0.6 is 0 Å². The van der Waals surface area contributed by atoms with Gasteiger partial charge in [0.15, 0.2) is 0 Å². The van der Waals surface area contributed by atoms with Crippen molar-refractivity contribution in [3.05, 3.63) is 11.6 Å². The van der Waals surface area contributed by atoms with Crippen molar-refractivity contribution in [2.75, 3.05) is 33.7 Å². The Morgan fingerprint density at radius 2 is 1.97 bits per heavy atom. The quantitative estimate of drug-likeness (QED) is 0.286. The first-order valence-corrected chi connectivity index (χ1v) is 11.5. The number of rotatable bonds is 12. The third-order valence-corrected chi connectivity index (χ3v) is 7.37. The van der Waals surface area contributed by atoms with Crippen LogP contribution in [0, 0.1) is 29.1 Å². The second-order valence-electron chi connectivity index (χ2n) is 9.79. The van der Waals surface area contributed by atoms with Gasteiger partial charge in [-0.2, -0.15) is 0 Å². The predicted molar refractivity (Wildman–Crippen MR) is 116 cm³/mol. The van der Waals surface area contributed by atoms with E-state index in [1.807, 2.05) is 6.08 Å². The van der Waals surface area contributed by atoms with Crippen LogP contribution in [-0.4, -0.2) is 56.1 Å². The Hall–Kier alpha value is -0.460. The zero-order chi connectivity index (χ0) is 21.4. The lowest BCUT2D eigenvalue weighted by atomic mass is 9.60. The van der Waals surface area contributed by atoms with Crippen LogP contribution in [0.3, 0.4) is 0 Å². The summed E-state index contributed by atoms with van der Waals surface area (Å²) in [6, 6.07) is 0. The SMILES string of the molecule is COCCOCO[C@H]1C[C@H]([C@H](C)CCCC(C)C)[C@@]2(C)CC[C@@H](O)C(=CCO)[C@H]12. The van der Waals surface area contributed by atoms with Crippen LogP contribution in [0.25, 0.3) is 0 Å². The normalized spacial score (nSPS) is 34.7. The average molecular weight is 413 g/mol. The van der Waals surface area contributed by atoms with Crippen molar-refractivity contribution in [3.63, 3.8) is 0 Å². The molecule has 0 aliphatic heterocycles. The fraction of sp³-hybridized carbons (Fsp3) is 0.917. The fourth-order valence-electron chi connectivity index (χ4n) is 5.87. The molecule has 2 aliphatic rings. The number of aliphatic hydroxyl groups excluding tert-OH is 2. The maximum Gasteiger partial charge on any atom is 0.147 e. The van der Waals surface area contributed by atoms with Gasteiger partial charge in [0.2, 0.25) is 0 Å². The Bertz CT molecular complexity index is 505. The summed E-state index contributed by atoms with van der Waals surface area (Å²) in [5.74, 6) is 2.06. The van der Waals surface area contributed by atoms with Crippen LogP contribution in [0.2, 0.25) is 0 Å². The number of hydrogen-bond acceptors (Lipinski definition) is 5. The van der Waals surface area contributed by atoms with Gasteiger partial charge in [-0.05, 0) is 48.0 Å². The van der Waals surface area contributed by atoms with Gasteiger partial charge < -0.3 is 24.4 Å². The molecule has 0 aromatic heterocycles. The molecule has 5 heteroatoms. The molecule has 5 nitrogen and oxygen atoms in total. The van der Waals surface area contributed by atoms with E-state index in [0.717, 1.165) is 30.8 Å². The lowest BCUT2D eigenvalue weighted by Crippen LogP contribution is -2.43. The van der Waals surface area contributed by atoms with Gasteiger partial charge in [0.25, 0.3) is 0 Å². The van der Waals surface area contributed by atoms with E-state index in [1.165, 1.54) is 19.3 Å². The van der Waals surface area contributed by atoms with Crippen molar-refractivity contribution < 1.29 is 24.4 Å². The Kier molecular flexibility index (Phi) is 10.1. The standard InChI is InChI=1S/C24H44O5/c1-17(2)7-6-8-18(3)20-15-22(29-16-28-14-13-27-5)23-19(10-12-25)21(26)9-11-24(20,23)4/h10,17-18,20-23,25-26H,6-9,11-16H2,1-5H3/t18-,20-,21-,22+,23-,24-/m1/s1. The highest BCUT2D eigenvalue weighted by molar-refractivity contribution is 5.25. The molecule has 2 saturated carbocycles. The molecule has 0 aromatic rings. The molecule has 2 fully saturated rings. The van der Waals surface area contributed by atoms with Gasteiger partial charge in [-0.25, -0.2) is 0 Å². The van der Waals surface area contributed by atoms with E-state index in [-0.39, 0.29) is 30.8 Å². The van der Waals surface area contributed by atoms with E-state index >= 15 is 0 Å². The van der Waals surface area contributed by atoms with E-state index in [9.17, 15) is 10.2 Å². The van der Waals surface area contributed by atoms with Crippen molar-refractivity contribution in [3.8, 4) is 0 Å². The first kappa shape index (κ1) is 24.8. The minimum Gasteiger partial charge on any atom is -0.392 e. The number of ether oxygens (including phenoxy) is 3. The minimum absolute atomic E-state index is 0.0212. The first-order valence-electron chi connectivity index (χ1n) is 11.5. The van der Waals surface area contributed by atoms with E-state index in [1.54, 1.807) is 7.11 Å². The highest BCUT2D eigenvalue weighted by Crippen LogP contribution is 2.60. The van der Waals surface area contributed by atoms with Crippen LogP contribution in [0.1, 0.15) is 66.2 Å². The topological polar surface area (TPSA) is 68.2 Å². The monoisotopic (exact) mass is 412 g/mol. The lowest BCUT2D eigenvalue weighted by Gasteiger charge is -2.46. The molecule has 2 aliphatic carbocycles. The lowest BCUT2D eigenvalue weighted by molar-refractivity contribution is -0.113. The third-order valence-electron chi connectivity index (χ3n) is 7.37. The minimum atomic E-state index is -0.476. The molecule has 0 aromatic carbocycles. The zero-order valence-corrected chi connectivity index (χ0v) is 19.2. The van der Waals surface area contributed by atoms with Crippen molar-refractivity contribution >= 4 is 0 Å². The number of methoxy groups -OCH3 is 1. The van der Waals surface area contributed by atoms with Crippen LogP contribution in [-0.2, 0) is 14.2 Å². The number of fused-ring (bicyclic) bond motifs is 1. The summed E-state index contributed by atoms with van der Waals surface area (Å²) in [5, 5.41) is 20.2. The molecule has 2 N–H and O–H groups in total. The van der Waals surface area contributed by atoms with Gasteiger partial charge in [-0.1, -0.05) is 53.0 Å². The molecule has 0 spiro atoms. The van der Waals surface area contributed by atoms with Gasteiger partial charge >= 0.3 is 0 Å². The molecular weight excluding hydrogens is 368 g/mol. The fourth-order valence-corrected chi connectivity index (χ4v) is 5.87. The van der Waals surface area contributed by atoms with Gasteiger partial charge in [-0.15, -0.1) is 0 Å². The summed E-state index contributed by atoms with van der Waals surface area (Å²) in [6.07, 6.45) is 7.92. The molecular formula is C24H44O5. The van der Waals surface area contributed by atoms with Crippen molar-refractivity contribution in [2.24, 2.45) is 29.1 Å². The van der Waals surface area contributed by atoms with E-state index in [0.29, 0.717) is 25.0 Å². The van der Waals surface area contributed by atoms with E-state index in [2.05, 4.69) is 27.7 Å². The summed E-state index contributed by atoms with van der Waals surface area (Å²) in [4.78, 5) is 0. The number of hydrogen-bond donors (Lipinski definition) is 2. The van der Waals surface area contributed by atoms with E-state index in [4.69, 9.17) is 14.2 Å². The Morgan fingerprint density at radius 1 is 1.21 bits per heavy atom. The first-order chi connectivity index (χ1) is 13.8. The van der Waals surface area contributed by atoms with Crippen molar-refractivity contribution in [1.29, 1.82) is 0 Å². The maximum atomic E-state index is 10.7. The molecule has 0 saturated heterocycles. The third kappa shape index (κ3) is 6.27. The molecule has 0 heterocycles. The highest BCUT2D eigenvalue weighted by atomic mass is 16.7. The van der Waals surface area contributed by atoms with Gasteiger partial charge in [0, 0.05) is 13.0 Å². The van der Waals surface area contributed by atoms with Gasteiger partial charge in [0.05, 0.1) is 32.0 Å². The summed E-state index contributed by atoms with van der Waals surface area (Å²) in [7, 11) is 1.66. The summed E-state index contributed by atoms with van der Waals surface area (Å²) in [6.45, 7) is 10.6. The van der Waals surface area contributed by atoms with Crippen LogP contribution in [0.15, 0.2) is 11.6 Å². The maximum absolute atomic E-state index is 10.7. The van der Waals surface area contributed by atoms with E-state index < -0.39 is 6.10 Å². The molecule has 6 atom stereocenters. The molecule has 0 radical (unpaired) electrons. The predicted octanol–water partition coefficient (Wildman–Crippen LogP) is 4.17. The molecule has 0 amide bonds. The summed E-state index contributed by atoms with van der Waals surface area (Å²) >= 11 is 0. The van der Waals surface area contributed by atoms with Gasteiger partial charge in [-0.3, -0.25) is 0 Å². The van der Waals surface area contributed by atoms with Crippen LogP contribution in [0.4, 0.5) is 0 Å². The number of aliphatic hydroxyl groups is 2. The van der Waals surface area contributed by atoms with Crippen molar-refractivity contribution in [2.45, 2.75) is 78.4 Å². The summed E-state index contributed by atoms with van der Waals surface area (Å²) < 4.78 is 16.8. The van der Waals surface area contributed by atoms with Gasteiger partial charge in [0.1, 0.15) is 6.79 Å². The molecule has 0 unspecified atom stereocenters. The highest BCUT2D eigenvalue weighted by Gasteiger charge is 2.57. The largest absolute Gasteiger partial charge is 0.392 e. The average Bonchev–Trinajstić information content (AvgIpc) is 2.97. The van der Waals surface area contributed by atoms with Crippen LogP contribution < -0.4 is 0 Å². The van der Waals surface area contributed by atoms with Crippen molar-refractivity contribution in [1.82, 2.24) is 0 Å².